The second kappa shape index (κ2) is 2.50. The Morgan fingerprint density at radius 2 is 2.56 bits per heavy atom. The lowest BCUT2D eigenvalue weighted by Gasteiger charge is -2.03. The molecule has 0 amide bonds. The van der Waals surface area contributed by atoms with Crippen LogP contribution < -0.4 is 0 Å². The highest BCUT2D eigenvalue weighted by molar-refractivity contribution is 5.38. The van der Waals surface area contributed by atoms with E-state index >= 15 is 0 Å². The van der Waals surface area contributed by atoms with Crippen LogP contribution in [-0.2, 0) is 0 Å². The van der Waals surface area contributed by atoms with E-state index in [-0.39, 0.29) is 0 Å². The fourth-order valence-electron chi connectivity index (χ4n) is 0.701. The molecule has 1 aliphatic rings. The van der Waals surface area contributed by atoms with E-state index in [0.29, 0.717) is 6.42 Å². The van der Waals surface area contributed by atoms with E-state index in [4.69, 9.17) is 6.42 Å². The third-order valence-corrected chi connectivity index (χ3v) is 1.21. The lowest BCUT2D eigenvalue weighted by Crippen LogP contribution is -1.96. The van der Waals surface area contributed by atoms with Gasteiger partial charge in [-0.15, -0.1) is 6.42 Å². The Hall–Kier alpha value is -1.03. The molecule has 0 aromatic carbocycles. The van der Waals surface area contributed by atoms with Gasteiger partial charge in [0.05, 0.1) is 0 Å². The molecule has 0 fully saturated rings. The summed E-state index contributed by atoms with van der Waals surface area (Å²) in [7, 11) is 0. The number of allylic oxidation sites excluding steroid dienone is 4. The molecule has 0 bridgehead atoms. The molecule has 0 saturated heterocycles. The molecule has 0 radical (unpaired) electrons. The molecule has 1 atom stereocenters. The van der Waals surface area contributed by atoms with Crippen LogP contribution in [0.25, 0.3) is 0 Å². The van der Waals surface area contributed by atoms with Crippen LogP contribution in [0.1, 0.15) is 6.42 Å². The monoisotopic (exact) mass is 122 g/mol. The highest BCUT2D eigenvalue weighted by Crippen LogP contribution is 2.11. The second-order valence-corrected chi connectivity index (χ2v) is 1.91. The number of alkyl halides is 1. The number of rotatable bonds is 0. The highest BCUT2D eigenvalue weighted by atomic mass is 19.1. The predicted octanol–water partition coefficient (Wildman–Crippen LogP) is 1.84. The van der Waals surface area contributed by atoms with Gasteiger partial charge in [-0.2, -0.15) is 0 Å². The Labute approximate surface area is 54.1 Å². The van der Waals surface area contributed by atoms with E-state index in [0.717, 1.165) is 5.57 Å². The van der Waals surface area contributed by atoms with Crippen molar-refractivity contribution >= 4 is 0 Å². The molecule has 0 saturated carbocycles. The molecule has 46 valence electrons. The molecule has 1 aliphatic carbocycles. The summed E-state index contributed by atoms with van der Waals surface area (Å²) in [5.41, 5.74) is 0.781. The summed E-state index contributed by atoms with van der Waals surface area (Å²) in [6.45, 7) is 0. The summed E-state index contributed by atoms with van der Waals surface area (Å²) in [5, 5.41) is 0. The van der Waals surface area contributed by atoms with Crippen molar-refractivity contribution in [3.05, 3.63) is 23.8 Å². The van der Waals surface area contributed by atoms with E-state index in [2.05, 4.69) is 5.92 Å². The summed E-state index contributed by atoms with van der Waals surface area (Å²) in [4.78, 5) is 0. The van der Waals surface area contributed by atoms with Gasteiger partial charge in [0.2, 0.25) is 0 Å². The topological polar surface area (TPSA) is 0 Å². The third-order valence-electron chi connectivity index (χ3n) is 1.21. The minimum Gasteiger partial charge on any atom is -0.243 e. The zero-order valence-corrected chi connectivity index (χ0v) is 4.97. The first-order valence-corrected chi connectivity index (χ1v) is 2.82. The smallest absolute Gasteiger partial charge is 0.122 e. The van der Waals surface area contributed by atoms with Crippen molar-refractivity contribution in [1.82, 2.24) is 0 Å². The van der Waals surface area contributed by atoms with Gasteiger partial charge >= 0.3 is 0 Å². The van der Waals surface area contributed by atoms with Crippen LogP contribution in [0.4, 0.5) is 4.39 Å². The van der Waals surface area contributed by atoms with Gasteiger partial charge in [-0.3, -0.25) is 0 Å². The SMILES string of the molecule is C#CC1=CCC(F)C=C1. The van der Waals surface area contributed by atoms with Gasteiger partial charge in [0.1, 0.15) is 6.17 Å². The van der Waals surface area contributed by atoms with Crippen LogP contribution in [-0.4, -0.2) is 6.17 Å². The van der Waals surface area contributed by atoms with Gasteiger partial charge in [-0.25, -0.2) is 4.39 Å². The van der Waals surface area contributed by atoms with Gasteiger partial charge in [0.25, 0.3) is 0 Å². The standard InChI is InChI=1S/C8H7F/c1-2-7-3-5-8(9)6-4-7/h1,3-5,8H,6H2. The normalized spacial score (nSPS) is 24.9. The Morgan fingerprint density at radius 1 is 1.78 bits per heavy atom. The maximum atomic E-state index is 12.3. The van der Waals surface area contributed by atoms with Crippen LogP contribution in [0, 0.1) is 12.3 Å². The Kier molecular flexibility index (Phi) is 1.69. The zero-order valence-electron chi connectivity index (χ0n) is 4.97. The summed E-state index contributed by atoms with van der Waals surface area (Å²) >= 11 is 0. The molecule has 0 spiro atoms. The second-order valence-electron chi connectivity index (χ2n) is 1.91. The lowest BCUT2D eigenvalue weighted by molar-refractivity contribution is 0.401. The molecule has 0 aliphatic heterocycles. The number of halogens is 1. The van der Waals surface area contributed by atoms with Crippen LogP contribution in [0.3, 0.4) is 0 Å². The van der Waals surface area contributed by atoms with Crippen molar-refractivity contribution < 1.29 is 4.39 Å². The molecule has 0 N–H and O–H groups in total. The van der Waals surface area contributed by atoms with E-state index in [1.807, 2.05) is 0 Å². The van der Waals surface area contributed by atoms with Crippen LogP contribution >= 0.6 is 0 Å². The van der Waals surface area contributed by atoms with E-state index in [1.54, 1.807) is 12.2 Å². The van der Waals surface area contributed by atoms with Crippen LogP contribution in [0.2, 0.25) is 0 Å². The van der Waals surface area contributed by atoms with Crippen molar-refractivity contribution in [1.29, 1.82) is 0 Å². The molecular formula is C8H7F. The van der Waals surface area contributed by atoms with Gasteiger partial charge < -0.3 is 0 Å². The fourth-order valence-corrected chi connectivity index (χ4v) is 0.701. The van der Waals surface area contributed by atoms with Gasteiger partial charge in [0.15, 0.2) is 0 Å². The molecular weight excluding hydrogens is 115 g/mol. The summed E-state index contributed by atoms with van der Waals surface area (Å²) < 4.78 is 12.3. The first kappa shape index (κ1) is 6.10. The maximum Gasteiger partial charge on any atom is 0.122 e. The Bertz CT molecular complexity index is 193. The summed E-state index contributed by atoms with van der Waals surface area (Å²) in [6.07, 6.45) is 9.49. The first-order valence-electron chi connectivity index (χ1n) is 2.82. The molecule has 0 aromatic rings. The van der Waals surface area contributed by atoms with Crippen molar-refractivity contribution in [3.63, 3.8) is 0 Å². The first-order chi connectivity index (χ1) is 4.33. The molecule has 1 unspecified atom stereocenters. The summed E-state index contributed by atoms with van der Waals surface area (Å²) in [5.74, 6) is 2.43. The average molecular weight is 122 g/mol. The van der Waals surface area contributed by atoms with Crippen molar-refractivity contribution in [2.75, 3.05) is 0 Å². The minimum absolute atomic E-state index is 0.427. The largest absolute Gasteiger partial charge is 0.243 e. The minimum atomic E-state index is -0.831. The third kappa shape index (κ3) is 1.43. The Morgan fingerprint density at radius 3 is 3.00 bits per heavy atom. The van der Waals surface area contributed by atoms with E-state index < -0.39 is 6.17 Å². The number of terminal acetylenes is 1. The van der Waals surface area contributed by atoms with Gasteiger partial charge in [-0.1, -0.05) is 12.0 Å². The Balaban J connectivity index is 2.66. The van der Waals surface area contributed by atoms with E-state index in [9.17, 15) is 4.39 Å². The number of hydrogen-bond donors (Lipinski definition) is 0. The molecule has 0 heterocycles. The number of hydrogen-bond acceptors (Lipinski definition) is 0. The zero-order chi connectivity index (χ0) is 6.69. The molecule has 0 nitrogen and oxygen atoms in total. The molecule has 1 heteroatoms. The fraction of sp³-hybridized carbons (Fsp3) is 0.250. The van der Waals surface area contributed by atoms with Crippen LogP contribution in [0.5, 0.6) is 0 Å². The average Bonchev–Trinajstić information content (AvgIpc) is 1.90. The van der Waals surface area contributed by atoms with Crippen molar-refractivity contribution in [3.8, 4) is 12.3 Å². The molecule has 0 aromatic heterocycles. The summed E-state index contributed by atoms with van der Waals surface area (Å²) in [6, 6.07) is 0. The lowest BCUT2D eigenvalue weighted by atomic mass is 10.1. The predicted molar refractivity (Wildman–Crippen MR) is 35.6 cm³/mol. The van der Waals surface area contributed by atoms with Crippen molar-refractivity contribution in [2.24, 2.45) is 0 Å². The van der Waals surface area contributed by atoms with Gasteiger partial charge in [0, 0.05) is 12.0 Å². The maximum absolute atomic E-state index is 12.3. The van der Waals surface area contributed by atoms with Crippen LogP contribution in [0.15, 0.2) is 23.8 Å². The van der Waals surface area contributed by atoms with Gasteiger partial charge in [-0.05, 0) is 12.2 Å². The molecule has 9 heavy (non-hydrogen) atoms. The highest BCUT2D eigenvalue weighted by Gasteiger charge is 2.03. The van der Waals surface area contributed by atoms with E-state index in [1.165, 1.54) is 6.08 Å². The quantitative estimate of drug-likeness (QED) is 0.430. The van der Waals surface area contributed by atoms with Crippen molar-refractivity contribution in [2.45, 2.75) is 12.6 Å². The molecule has 1 rings (SSSR count).